The molecule has 0 aliphatic carbocycles. The number of para-hydroxylation sites is 2. The Kier molecular flexibility index (Phi) is 16.2. The van der Waals surface area contributed by atoms with Crippen LogP contribution in [-0.2, 0) is 21.6 Å². The van der Waals surface area contributed by atoms with Crippen LogP contribution in [0.5, 0.6) is 0 Å². The van der Waals surface area contributed by atoms with Gasteiger partial charge in [0.1, 0.15) is 14.1 Å². The first-order valence-corrected chi connectivity index (χ1v) is 34.7. The van der Waals surface area contributed by atoms with Crippen LogP contribution in [-0.4, -0.2) is 61.9 Å². The number of allylic oxidation sites excluding steroid dienone is 2. The van der Waals surface area contributed by atoms with Crippen LogP contribution in [0.15, 0.2) is 109 Å². The van der Waals surface area contributed by atoms with E-state index in [1.807, 2.05) is 14.1 Å². The molecule has 296 valence electrons. The zero-order valence-corrected chi connectivity index (χ0v) is 40.3. The Hall–Kier alpha value is -3.94. The van der Waals surface area contributed by atoms with E-state index >= 15 is 0 Å². The van der Waals surface area contributed by atoms with Crippen LogP contribution in [0.3, 0.4) is 0 Å². The number of hydrogen-bond donors (Lipinski definition) is 0. The number of nitriles is 2. The monoisotopic (exact) mass is 892 g/mol. The molecule has 0 aromatic heterocycles. The van der Waals surface area contributed by atoms with Crippen molar-refractivity contribution in [1.82, 2.24) is 0 Å². The van der Waals surface area contributed by atoms with E-state index in [1.165, 1.54) is 45.1 Å². The molecule has 0 radical (unpaired) electrons. The Balaban J connectivity index is 0.000000226. The zero-order valence-electron chi connectivity index (χ0n) is 34.3. The maximum absolute atomic E-state index is 8.72. The SMILES string of the molecule is CN(CCC#N)c1ccc(C=CC2=[N+](C)c3ccccc3C2(C)C)cc1.CN(CCC#N)c1ccc(C=CC2=[N+](C)c3ccccc3C2(C)C)cc1.[Cl][Zn-2]([Cl])([Cl])[Cl]. The summed E-state index contributed by atoms with van der Waals surface area (Å²) in [6.07, 6.45) is 9.90. The van der Waals surface area contributed by atoms with Gasteiger partial charge in [-0.05, 0) is 75.2 Å². The summed E-state index contributed by atoms with van der Waals surface area (Å²) in [7, 11) is 25.1. The zero-order chi connectivity index (χ0) is 42.0. The molecule has 0 spiro atoms. The van der Waals surface area contributed by atoms with Gasteiger partial charge in [0.2, 0.25) is 11.4 Å². The Morgan fingerprint density at radius 1 is 0.561 bits per heavy atom. The van der Waals surface area contributed by atoms with Crippen molar-refractivity contribution < 1.29 is 20.0 Å². The molecule has 0 atom stereocenters. The van der Waals surface area contributed by atoms with Crippen molar-refractivity contribution in [3.63, 3.8) is 0 Å². The summed E-state index contributed by atoms with van der Waals surface area (Å²) in [4.78, 5) is 4.21. The van der Waals surface area contributed by atoms with E-state index in [1.54, 1.807) is 0 Å². The third-order valence-electron chi connectivity index (χ3n) is 10.5. The van der Waals surface area contributed by atoms with Gasteiger partial charge in [0.25, 0.3) is 0 Å². The fraction of sp³-hybridized carbons (Fsp3) is 0.304. The minimum absolute atomic E-state index is 0.000698. The second-order valence-electron chi connectivity index (χ2n) is 15.3. The van der Waals surface area contributed by atoms with Crippen LogP contribution in [0.1, 0.15) is 62.8 Å². The van der Waals surface area contributed by atoms with Crippen molar-refractivity contribution in [1.29, 1.82) is 10.5 Å². The number of anilines is 2. The molecule has 4 aromatic rings. The summed E-state index contributed by atoms with van der Waals surface area (Å²) in [6, 6.07) is 38.6. The molecular formula is C46H52Cl4N6Zn. The van der Waals surface area contributed by atoms with Gasteiger partial charge in [-0.25, -0.2) is 0 Å². The van der Waals surface area contributed by atoms with Crippen molar-refractivity contribution in [2.45, 2.75) is 51.4 Å². The van der Waals surface area contributed by atoms with E-state index in [0.29, 0.717) is 12.8 Å². The van der Waals surface area contributed by atoms with Crippen molar-refractivity contribution >= 4 is 85.1 Å². The average Bonchev–Trinajstić information content (AvgIpc) is 3.50. The van der Waals surface area contributed by atoms with Gasteiger partial charge in [0.15, 0.2) is 11.4 Å². The van der Waals surface area contributed by atoms with Gasteiger partial charge in [-0.1, -0.05) is 60.7 Å². The van der Waals surface area contributed by atoms with Crippen molar-refractivity contribution in [2.24, 2.45) is 0 Å². The molecule has 6 rings (SSSR count). The first-order chi connectivity index (χ1) is 26.9. The van der Waals surface area contributed by atoms with E-state index in [4.69, 9.17) is 49.3 Å². The molecule has 2 aliphatic heterocycles. The van der Waals surface area contributed by atoms with Crippen LogP contribution < -0.4 is 9.80 Å². The van der Waals surface area contributed by atoms with Gasteiger partial charge in [0, 0.05) is 74.0 Å². The number of benzene rings is 4. The molecule has 0 amide bonds. The van der Waals surface area contributed by atoms with Crippen molar-refractivity contribution in [3.8, 4) is 12.1 Å². The molecule has 6 nitrogen and oxygen atoms in total. The summed E-state index contributed by atoms with van der Waals surface area (Å²) in [6.45, 7) is 10.6. The second-order valence-corrected chi connectivity index (χ2v) is 43.0. The fourth-order valence-corrected chi connectivity index (χ4v) is 7.33. The van der Waals surface area contributed by atoms with Crippen LogP contribution in [0.25, 0.3) is 12.2 Å². The summed E-state index contributed by atoms with van der Waals surface area (Å²) in [5.74, 6) is 0. The predicted molar refractivity (Wildman–Crippen MR) is 242 cm³/mol. The van der Waals surface area contributed by atoms with Crippen LogP contribution >= 0.6 is 38.8 Å². The van der Waals surface area contributed by atoms with E-state index in [9.17, 15) is 0 Å². The first-order valence-electron chi connectivity index (χ1n) is 19.1. The van der Waals surface area contributed by atoms with Gasteiger partial charge in [-0.3, -0.25) is 0 Å². The van der Waals surface area contributed by atoms with Crippen molar-refractivity contribution in [2.75, 3.05) is 51.1 Å². The number of fused-ring (bicyclic) bond motifs is 2. The van der Waals surface area contributed by atoms with Gasteiger partial charge in [0.05, 0.1) is 35.8 Å². The Morgan fingerprint density at radius 3 is 1.18 bits per heavy atom. The second kappa shape index (κ2) is 20.2. The van der Waals surface area contributed by atoms with Gasteiger partial charge in [-0.15, -0.1) is 0 Å². The fourth-order valence-electron chi connectivity index (χ4n) is 7.33. The average molecular weight is 896 g/mol. The molecule has 0 bridgehead atoms. The summed E-state index contributed by atoms with van der Waals surface area (Å²) in [5, 5.41) is 17.4. The molecule has 11 heteroatoms. The van der Waals surface area contributed by atoms with Crippen LogP contribution in [0, 0.1) is 22.7 Å². The minimum atomic E-state index is -3.36. The Labute approximate surface area is 359 Å². The first kappa shape index (κ1) is 45.8. The van der Waals surface area contributed by atoms with Crippen LogP contribution in [0.4, 0.5) is 22.7 Å². The standard InChI is InChI=1S/2C23H26N3.4ClH.Zn/c2*1-23(2)20-8-5-6-9-21(20)26(4)22(23)15-12-18-10-13-19(14-11-18)25(3)17-7-16-24;;;;;/h2*5-6,8-15H,7,17H2,1-4H3;4*1H;/q2*+1;;;;;+2/p-4. The van der Waals surface area contributed by atoms with Gasteiger partial charge >= 0.3 is 49.6 Å². The number of nitrogens with zero attached hydrogens (tertiary/aromatic N) is 6. The molecule has 2 aliphatic rings. The Morgan fingerprint density at radius 2 is 0.877 bits per heavy atom. The Bertz CT molecular complexity index is 2060. The van der Waals surface area contributed by atoms with Crippen molar-refractivity contribution in [3.05, 3.63) is 131 Å². The van der Waals surface area contributed by atoms with Gasteiger partial charge < -0.3 is 9.80 Å². The number of hydrogen-bond acceptors (Lipinski definition) is 4. The normalized spacial score (nSPS) is 14.9. The maximum atomic E-state index is 8.72. The molecule has 0 fully saturated rings. The van der Waals surface area contributed by atoms with E-state index in [2.05, 4.69) is 194 Å². The van der Waals surface area contributed by atoms with Crippen LogP contribution in [0.2, 0.25) is 0 Å². The van der Waals surface area contributed by atoms with E-state index in [0.717, 1.165) is 24.5 Å². The molecule has 2 heterocycles. The third-order valence-corrected chi connectivity index (χ3v) is 10.5. The third kappa shape index (κ3) is 12.0. The summed E-state index contributed by atoms with van der Waals surface area (Å²) >= 11 is 0. The molecule has 0 unspecified atom stereocenters. The molecule has 4 aromatic carbocycles. The molecule has 57 heavy (non-hydrogen) atoms. The summed E-state index contributed by atoms with van der Waals surface area (Å²) in [5.41, 5.74) is 12.5. The van der Waals surface area contributed by atoms with E-state index in [-0.39, 0.29) is 10.8 Å². The molecule has 0 N–H and O–H groups in total. The topological polar surface area (TPSA) is 60.1 Å². The molecular weight excluding hydrogens is 844 g/mol. The summed E-state index contributed by atoms with van der Waals surface area (Å²) < 4.78 is 4.58. The quantitative estimate of drug-likeness (QED) is 0.118. The number of rotatable bonds is 10. The van der Waals surface area contributed by atoms with E-state index < -0.39 is 10.8 Å². The predicted octanol–water partition coefficient (Wildman–Crippen LogP) is 12.3. The molecule has 0 saturated carbocycles. The number of halogens is 4. The molecule has 0 saturated heterocycles. The van der Waals surface area contributed by atoms with Gasteiger partial charge in [-0.2, -0.15) is 19.7 Å².